The normalized spacial score (nSPS) is 18.3. The van der Waals surface area contributed by atoms with E-state index in [-0.39, 0.29) is 54.8 Å². The molecule has 1 aliphatic rings. The highest BCUT2D eigenvalue weighted by atomic mass is 16.9. The first-order valence-electron chi connectivity index (χ1n) is 21.5. The van der Waals surface area contributed by atoms with Gasteiger partial charge < -0.3 is 39.8 Å². The molecule has 1 fully saturated rings. The fraction of sp³-hybridized carbons (Fsp3) is 0.630. The van der Waals surface area contributed by atoms with E-state index < -0.39 is 40.8 Å². The topological polar surface area (TPSA) is 191 Å². The van der Waals surface area contributed by atoms with Gasteiger partial charge in [-0.05, 0) is 137 Å². The summed E-state index contributed by atoms with van der Waals surface area (Å²) in [6.45, 7) is 16.4. The number of aryl methyl sites for hydroxylation is 1. The number of esters is 1. The first-order valence-corrected chi connectivity index (χ1v) is 21.5. The van der Waals surface area contributed by atoms with Gasteiger partial charge in [0.15, 0.2) is 0 Å². The Morgan fingerprint density at radius 3 is 2.25 bits per heavy atom. The van der Waals surface area contributed by atoms with E-state index in [0.29, 0.717) is 49.8 Å². The Kier molecular flexibility index (Phi) is 17.8. The van der Waals surface area contributed by atoms with Gasteiger partial charge in [0.2, 0.25) is 5.91 Å². The fourth-order valence-electron chi connectivity index (χ4n) is 8.28. The maximum atomic E-state index is 13.9. The summed E-state index contributed by atoms with van der Waals surface area (Å²) < 4.78 is 16.7. The Bertz CT molecular complexity index is 1850. The zero-order chi connectivity index (χ0) is 44.1. The molecule has 14 nitrogen and oxygen atoms in total. The lowest BCUT2D eigenvalue weighted by molar-refractivity contribution is -0.763. The Balaban J connectivity index is 1.41. The van der Waals surface area contributed by atoms with Gasteiger partial charge in [0.1, 0.15) is 18.3 Å². The molecule has 0 bridgehead atoms. The van der Waals surface area contributed by atoms with Crippen molar-refractivity contribution in [3.05, 3.63) is 81.0 Å². The summed E-state index contributed by atoms with van der Waals surface area (Å²) in [5, 5.41) is 29.0. The molecule has 5 atom stereocenters. The highest BCUT2D eigenvalue weighted by Crippen LogP contribution is 2.37. The Hall–Kier alpha value is -4.69. The van der Waals surface area contributed by atoms with Crippen LogP contribution in [-0.4, -0.2) is 76.8 Å². The molecule has 0 radical (unpaired) electrons. The number of H-pyrrole nitrogens is 1. The predicted octanol–water partition coefficient (Wildman–Crippen LogP) is 8.42. The number of nitrogens with one attached hydrogen (secondary N) is 3. The minimum Gasteiger partial charge on any atom is -0.459 e. The molecule has 4 N–H and O–H groups in total. The van der Waals surface area contributed by atoms with Crippen LogP contribution in [0.3, 0.4) is 0 Å². The van der Waals surface area contributed by atoms with Crippen LogP contribution in [0.25, 0.3) is 10.9 Å². The number of alkyl carbamates (subject to hydrolysis) is 1. The highest BCUT2D eigenvalue weighted by Gasteiger charge is 2.36. The number of hydrogen-bond donors (Lipinski definition) is 4. The summed E-state index contributed by atoms with van der Waals surface area (Å²) in [7, 11) is 1.71. The van der Waals surface area contributed by atoms with Crippen LogP contribution >= 0.6 is 0 Å². The molecule has 1 aliphatic carbocycles. The summed E-state index contributed by atoms with van der Waals surface area (Å²) in [5.74, 6) is -0.892. The first kappa shape index (κ1) is 48.0. The number of benzene rings is 2. The van der Waals surface area contributed by atoms with Crippen molar-refractivity contribution in [3.63, 3.8) is 0 Å². The SMILES string of the molecule is COCCCc1c[nH]c2ccc(C(C)[C@@H](C[C@H](NC(=O)OC(C)(C)C)[C@@H](O)C[C@H](C(=O)NC3CCC(OC(=O)c4ccc(CO[N+](=O)[O-])cc4)CC3)C(C)C)C(C)C)cc12. The van der Waals surface area contributed by atoms with Gasteiger partial charge in [0, 0.05) is 42.8 Å². The molecule has 1 aromatic heterocycles. The van der Waals surface area contributed by atoms with E-state index in [1.807, 2.05) is 13.8 Å². The van der Waals surface area contributed by atoms with Gasteiger partial charge in [-0.1, -0.05) is 52.8 Å². The van der Waals surface area contributed by atoms with Crippen molar-refractivity contribution >= 4 is 28.9 Å². The molecule has 2 aromatic carbocycles. The lowest BCUT2D eigenvalue weighted by Crippen LogP contribution is -2.49. The number of methoxy groups -OCH3 is 1. The fourth-order valence-corrected chi connectivity index (χ4v) is 8.28. The third kappa shape index (κ3) is 14.5. The van der Waals surface area contributed by atoms with Gasteiger partial charge in [-0.15, -0.1) is 10.1 Å². The van der Waals surface area contributed by atoms with Gasteiger partial charge in [0.25, 0.3) is 5.09 Å². The van der Waals surface area contributed by atoms with Crippen molar-refractivity contribution < 1.29 is 43.6 Å². The maximum Gasteiger partial charge on any atom is 0.407 e. The van der Waals surface area contributed by atoms with Crippen molar-refractivity contribution in [3.8, 4) is 0 Å². The van der Waals surface area contributed by atoms with Crippen LogP contribution < -0.4 is 10.6 Å². The van der Waals surface area contributed by atoms with Gasteiger partial charge in [-0.3, -0.25) is 4.79 Å². The van der Waals surface area contributed by atoms with Gasteiger partial charge in [0.05, 0.1) is 17.7 Å². The van der Waals surface area contributed by atoms with E-state index >= 15 is 0 Å². The average Bonchev–Trinajstić information content (AvgIpc) is 3.59. The Morgan fingerprint density at radius 2 is 1.65 bits per heavy atom. The van der Waals surface area contributed by atoms with Crippen LogP contribution in [0.4, 0.5) is 4.79 Å². The van der Waals surface area contributed by atoms with E-state index in [2.05, 4.69) is 65.6 Å². The third-order valence-corrected chi connectivity index (χ3v) is 11.8. The molecule has 1 heterocycles. The van der Waals surface area contributed by atoms with Crippen molar-refractivity contribution in [2.24, 2.45) is 23.7 Å². The van der Waals surface area contributed by atoms with Crippen molar-refractivity contribution in [2.45, 2.75) is 149 Å². The number of carbonyl (C=O) groups is 3. The number of fused-ring (bicyclic) bond motifs is 1. The predicted molar refractivity (Wildman–Crippen MR) is 230 cm³/mol. The molecule has 4 rings (SSSR count). The summed E-state index contributed by atoms with van der Waals surface area (Å²) >= 11 is 0. The number of aromatic nitrogens is 1. The van der Waals surface area contributed by atoms with Crippen molar-refractivity contribution in [1.82, 2.24) is 15.6 Å². The summed E-state index contributed by atoms with van der Waals surface area (Å²) in [6, 6.07) is 12.0. The minimum atomic E-state index is -1.03. The van der Waals surface area contributed by atoms with Gasteiger partial charge >= 0.3 is 12.1 Å². The number of rotatable bonds is 21. The largest absolute Gasteiger partial charge is 0.459 e. The van der Waals surface area contributed by atoms with Crippen molar-refractivity contribution in [2.75, 3.05) is 13.7 Å². The van der Waals surface area contributed by atoms with Gasteiger partial charge in [-0.2, -0.15) is 0 Å². The second kappa shape index (κ2) is 22.2. The van der Waals surface area contributed by atoms with Crippen LogP contribution in [-0.2, 0) is 36.9 Å². The molecule has 332 valence electrons. The molecule has 0 spiro atoms. The van der Waals surface area contributed by atoms with Crippen molar-refractivity contribution in [1.29, 1.82) is 0 Å². The molecule has 2 amide bonds. The number of amides is 2. The minimum absolute atomic E-state index is 0.0678. The number of carbonyl (C=O) groups excluding carboxylic acids is 3. The number of aliphatic hydroxyl groups is 1. The third-order valence-electron chi connectivity index (χ3n) is 11.8. The molecule has 3 aromatic rings. The van der Waals surface area contributed by atoms with Crippen LogP contribution in [0.2, 0.25) is 0 Å². The lowest BCUT2D eigenvalue weighted by atomic mass is 9.75. The summed E-state index contributed by atoms with van der Waals surface area (Å²) in [5.41, 5.74) is 3.66. The molecule has 14 heteroatoms. The molecular weight excluding hydrogens is 769 g/mol. The zero-order valence-electron chi connectivity index (χ0n) is 37.0. The lowest BCUT2D eigenvalue weighted by Gasteiger charge is -2.36. The second-order valence-electron chi connectivity index (χ2n) is 18.1. The number of aliphatic hydroxyl groups excluding tert-OH is 1. The highest BCUT2D eigenvalue weighted by molar-refractivity contribution is 5.89. The van der Waals surface area contributed by atoms with Crippen LogP contribution in [0.1, 0.15) is 133 Å². The summed E-state index contributed by atoms with van der Waals surface area (Å²) in [6.07, 6.45) is 4.95. The zero-order valence-corrected chi connectivity index (χ0v) is 37.0. The smallest absolute Gasteiger partial charge is 0.407 e. The molecule has 1 unspecified atom stereocenters. The summed E-state index contributed by atoms with van der Waals surface area (Å²) in [4.78, 5) is 58.3. The monoisotopic (exact) mass is 836 g/mol. The van der Waals surface area contributed by atoms with E-state index in [9.17, 15) is 29.6 Å². The van der Waals surface area contributed by atoms with Gasteiger partial charge in [-0.25, -0.2) is 9.59 Å². The molecular formula is C46H68N4O10. The molecule has 1 saturated carbocycles. The van der Waals surface area contributed by atoms with Crippen LogP contribution in [0.15, 0.2) is 48.7 Å². The number of hydrogen-bond acceptors (Lipinski definition) is 10. The molecule has 0 saturated heterocycles. The molecule has 0 aliphatic heterocycles. The quantitative estimate of drug-likeness (QED) is 0.0351. The van der Waals surface area contributed by atoms with Crippen LogP contribution in [0.5, 0.6) is 0 Å². The Labute approximate surface area is 354 Å². The van der Waals surface area contributed by atoms with Crippen LogP contribution in [0, 0.1) is 33.8 Å². The maximum absolute atomic E-state index is 13.9. The number of nitrogens with zero attached hydrogens (tertiary/aromatic N) is 1. The Morgan fingerprint density at radius 1 is 0.967 bits per heavy atom. The number of ether oxygens (including phenoxy) is 3. The average molecular weight is 837 g/mol. The standard InChI is InChI=1S/C46H68N4O10/c1-28(2)37(30(5)33-16-21-40-39(23-33)34(26-47-40)11-10-22-57-9)24-41(49-45(54)60-46(6,7)8)42(51)25-38(29(3)4)43(52)48-35-17-19-36(20-18-35)59-44(53)32-14-12-31(13-15-32)27-58-50(55)56/h12-16,21,23,26,28-30,35-38,41-42,47,51H,10-11,17-20,22,24-25,27H2,1-9H3,(H,48,52)(H,49,54)/t30?,35?,36?,37-,38-,41-,42-/m0/s1. The first-order chi connectivity index (χ1) is 28.3. The van der Waals surface area contributed by atoms with E-state index in [0.717, 1.165) is 18.4 Å². The van der Waals surface area contributed by atoms with E-state index in [1.165, 1.54) is 16.5 Å². The second-order valence-corrected chi connectivity index (χ2v) is 18.1. The van der Waals surface area contributed by atoms with E-state index in [4.69, 9.17) is 14.2 Å². The number of aromatic amines is 1. The molecule has 60 heavy (non-hydrogen) atoms. The van der Waals surface area contributed by atoms with E-state index in [1.54, 1.807) is 52.1 Å².